The van der Waals surface area contributed by atoms with Gasteiger partial charge in [0.2, 0.25) is 0 Å². The highest BCUT2D eigenvalue weighted by Crippen LogP contribution is 2.31. The van der Waals surface area contributed by atoms with E-state index in [0.717, 1.165) is 0 Å². The fourth-order valence-corrected chi connectivity index (χ4v) is 2.77. The lowest BCUT2D eigenvalue weighted by atomic mass is 10.1. The van der Waals surface area contributed by atoms with E-state index in [-0.39, 0.29) is 6.61 Å². The predicted molar refractivity (Wildman–Crippen MR) is 73.4 cm³/mol. The van der Waals surface area contributed by atoms with Crippen molar-refractivity contribution in [3.8, 4) is 0 Å². The standard InChI is InChI=1S/C13H24O11/c1-21-3-5(16)10-8(19)11(12(20)22-10)24-13-7(18)6(17)9(23-13)4(15)2-14/h4-20H,2-3H2,1H3/t4-,5+,6+,7-,8-,9+,10+,11-,12-,13+/m1/s1. The summed E-state index contributed by atoms with van der Waals surface area (Å²) < 4.78 is 20.2. The van der Waals surface area contributed by atoms with Crippen LogP contribution in [-0.4, -0.2) is 117 Å². The molecule has 24 heavy (non-hydrogen) atoms. The molecule has 11 heteroatoms. The van der Waals surface area contributed by atoms with Crippen molar-refractivity contribution in [2.24, 2.45) is 0 Å². The molecular weight excluding hydrogens is 332 g/mol. The Hall–Kier alpha value is -0.440. The summed E-state index contributed by atoms with van der Waals surface area (Å²) in [5.41, 5.74) is 0. The van der Waals surface area contributed by atoms with Crippen LogP contribution in [0.2, 0.25) is 0 Å². The van der Waals surface area contributed by atoms with Crippen LogP contribution >= 0.6 is 0 Å². The normalized spacial score (nSPS) is 45.5. The first-order valence-corrected chi connectivity index (χ1v) is 7.46. The van der Waals surface area contributed by atoms with Crippen LogP contribution in [0, 0.1) is 0 Å². The summed E-state index contributed by atoms with van der Waals surface area (Å²) in [6, 6.07) is 0. The average Bonchev–Trinajstić information content (AvgIpc) is 2.99. The molecule has 2 aliphatic rings. The van der Waals surface area contributed by atoms with Gasteiger partial charge in [-0.1, -0.05) is 0 Å². The maximum absolute atomic E-state index is 10.1. The van der Waals surface area contributed by atoms with Crippen molar-refractivity contribution in [1.29, 1.82) is 0 Å². The molecule has 7 N–H and O–H groups in total. The van der Waals surface area contributed by atoms with Gasteiger partial charge in [0, 0.05) is 7.11 Å². The number of methoxy groups -OCH3 is 1. The van der Waals surface area contributed by atoms with E-state index in [2.05, 4.69) is 0 Å². The van der Waals surface area contributed by atoms with Crippen LogP contribution in [0.4, 0.5) is 0 Å². The largest absolute Gasteiger partial charge is 0.394 e. The lowest BCUT2D eigenvalue weighted by Crippen LogP contribution is -2.45. The summed E-state index contributed by atoms with van der Waals surface area (Å²) in [7, 11) is 1.34. The SMILES string of the molecule is COC[C@H](O)[C@@H]1O[C@@H](O)[C@H](O[C@@H]2O[C@@H]([C@H](O)CO)[C@@H](O)[C@H]2O)[C@@H]1O. The molecule has 0 saturated carbocycles. The Kier molecular flexibility index (Phi) is 6.87. The molecule has 0 aromatic rings. The molecule has 142 valence electrons. The molecule has 0 aliphatic carbocycles. The Labute approximate surface area is 137 Å². The van der Waals surface area contributed by atoms with Crippen molar-refractivity contribution in [2.75, 3.05) is 20.3 Å². The van der Waals surface area contributed by atoms with Crippen LogP contribution in [0.1, 0.15) is 0 Å². The number of aliphatic hydroxyl groups excluding tert-OH is 7. The first-order valence-electron chi connectivity index (χ1n) is 7.46. The highest BCUT2D eigenvalue weighted by molar-refractivity contribution is 4.95. The minimum atomic E-state index is -1.62. The third-order valence-corrected chi connectivity index (χ3v) is 4.08. The number of ether oxygens (including phenoxy) is 4. The monoisotopic (exact) mass is 356 g/mol. The third-order valence-electron chi connectivity index (χ3n) is 4.08. The first kappa shape index (κ1) is 19.9. The molecule has 0 aromatic carbocycles. The van der Waals surface area contributed by atoms with Gasteiger partial charge in [-0.05, 0) is 0 Å². The van der Waals surface area contributed by atoms with Crippen LogP contribution in [-0.2, 0) is 18.9 Å². The van der Waals surface area contributed by atoms with E-state index in [1.54, 1.807) is 0 Å². The molecule has 2 fully saturated rings. The number of rotatable bonds is 7. The van der Waals surface area contributed by atoms with Crippen LogP contribution in [0.25, 0.3) is 0 Å². The molecule has 10 atom stereocenters. The maximum Gasteiger partial charge on any atom is 0.187 e. The predicted octanol–water partition coefficient (Wildman–Crippen LogP) is -4.74. The van der Waals surface area contributed by atoms with Gasteiger partial charge in [-0.2, -0.15) is 0 Å². The van der Waals surface area contributed by atoms with Gasteiger partial charge in [0.05, 0.1) is 13.2 Å². The number of hydrogen-bond donors (Lipinski definition) is 7. The molecule has 0 radical (unpaired) electrons. The van der Waals surface area contributed by atoms with Crippen molar-refractivity contribution >= 4 is 0 Å². The Morgan fingerprint density at radius 3 is 2.12 bits per heavy atom. The fraction of sp³-hybridized carbons (Fsp3) is 1.00. The molecule has 0 unspecified atom stereocenters. The Morgan fingerprint density at radius 1 is 0.917 bits per heavy atom. The third kappa shape index (κ3) is 3.86. The molecule has 2 aliphatic heterocycles. The minimum Gasteiger partial charge on any atom is -0.394 e. The zero-order valence-corrected chi connectivity index (χ0v) is 13.0. The van der Waals surface area contributed by atoms with Gasteiger partial charge in [-0.15, -0.1) is 0 Å². The minimum absolute atomic E-state index is 0.146. The zero-order valence-electron chi connectivity index (χ0n) is 13.0. The maximum atomic E-state index is 10.1. The second-order valence-electron chi connectivity index (χ2n) is 5.81. The Morgan fingerprint density at radius 2 is 1.54 bits per heavy atom. The molecule has 0 aromatic heterocycles. The highest BCUT2D eigenvalue weighted by Gasteiger charge is 2.52. The van der Waals surface area contributed by atoms with E-state index in [9.17, 15) is 30.6 Å². The van der Waals surface area contributed by atoms with E-state index in [4.69, 9.17) is 24.1 Å². The molecular formula is C13H24O11. The van der Waals surface area contributed by atoms with Gasteiger partial charge in [0.25, 0.3) is 0 Å². The van der Waals surface area contributed by atoms with Gasteiger partial charge in [-0.25, -0.2) is 0 Å². The fourth-order valence-electron chi connectivity index (χ4n) is 2.77. The lowest BCUT2D eigenvalue weighted by Gasteiger charge is -2.25. The highest BCUT2D eigenvalue weighted by atomic mass is 16.7. The van der Waals surface area contributed by atoms with E-state index >= 15 is 0 Å². The Bertz CT molecular complexity index is 396. The molecule has 11 nitrogen and oxygen atoms in total. The summed E-state index contributed by atoms with van der Waals surface area (Å²) >= 11 is 0. The molecule has 2 heterocycles. The van der Waals surface area contributed by atoms with Gasteiger partial charge in [0.15, 0.2) is 12.6 Å². The van der Waals surface area contributed by atoms with Crippen molar-refractivity contribution in [1.82, 2.24) is 0 Å². The van der Waals surface area contributed by atoms with Crippen LogP contribution in [0.15, 0.2) is 0 Å². The zero-order chi connectivity index (χ0) is 18.0. The van der Waals surface area contributed by atoms with Crippen LogP contribution in [0.3, 0.4) is 0 Å². The molecule has 0 bridgehead atoms. The second kappa shape index (κ2) is 8.29. The topological polar surface area (TPSA) is 179 Å². The van der Waals surface area contributed by atoms with E-state index in [1.807, 2.05) is 0 Å². The van der Waals surface area contributed by atoms with E-state index in [1.165, 1.54) is 7.11 Å². The summed E-state index contributed by atoms with van der Waals surface area (Å²) in [5, 5.41) is 67.9. The van der Waals surface area contributed by atoms with Crippen LogP contribution in [0.5, 0.6) is 0 Å². The van der Waals surface area contributed by atoms with Crippen molar-refractivity contribution in [2.45, 2.75) is 61.4 Å². The van der Waals surface area contributed by atoms with Gasteiger partial charge in [-0.3, -0.25) is 0 Å². The first-order chi connectivity index (χ1) is 11.3. The average molecular weight is 356 g/mol. The Balaban J connectivity index is 2.00. The summed E-state index contributed by atoms with van der Waals surface area (Å²) in [4.78, 5) is 0. The van der Waals surface area contributed by atoms with Gasteiger partial charge >= 0.3 is 0 Å². The smallest absolute Gasteiger partial charge is 0.187 e. The van der Waals surface area contributed by atoms with Crippen molar-refractivity contribution in [3.63, 3.8) is 0 Å². The lowest BCUT2D eigenvalue weighted by molar-refractivity contribution is -0.240. The van der Waals surface area contributed by atoms with Crippen LogP contribution < -0.4 is 0 Å². The van der Waals surface area contributed by atoms with E-state index < -0.39 is 68.0 Å². The van der Waals surface area contributed by atoms with E-state index in [0.29, 0.717) is 0 Å². The van der Waals surface area contributed by atoms with Gasteiger partial charge < -0.3 is 54.7 Å². The second-order valence-corrected chi connectivity index (χ2v) is 5.81. The molecule has 2 saturated heterocycles. The molecule has 2 rings (SSSR count). The van der Waals surface area contributed by atoms with Crippen molar-refractivity contribution in [3.05, 3.63) is 0 Å². The van der Waals surface area contributed by atoms with Crippen molar-refractivity contribution < 1.29 is 54.7 Å². The summed E-state index contributed by atoms with van der Waals surface area (Å²) in [6.45, 7) is -0.850. The van der Waals surface area contributed by atoms with Gasteiger partial charge in [0.1, 0.15) is 48.8 Å². The quantitative estimate of drug-likeness (QED) is 0.233. The number of aliphatic hydroxyl groups is 7. The number of hydrogen-bond acceptors (Lipinski definition) is 11. The molecule has 0 spiro atoms. The molecule has 0 amide bonds. The summed E-state index contributed by atoms with van der Waals surface area (Å²) in [5.74, 6) is 0. The summed E-state index contributed by atoms with van der Waals surface area (Å²) in [6.07, 6.45) is -14.2.